The molecule has 0 amide bonds. The zero-order valence-electron chi connectivity index (χ0n) is 14.2. The first-order valence-corrected chi connectivity index (χ1v) is 8.69. The Labute approximate surface area is 149 Å². The number of fused-ring (bicyclic) bond motifs is 1. The van der Waals surface area contributed by atoms with Gasteiger partial charge in [-0.15, -0.1) is 0 Å². The van der Waals surface area contributed by atoms with Crippen molar-refractivity contribution in [1.29, 1.82) is 0 Å². The van der Waals surface area contributed by atoms with Crippen molar-refractivity contribution in [2.24, 2.45) is 0 Å². The summed E-state index contributed by atoms with van der Waals surface area (Å²) in [4.78, 5) is 15.2. The van der Waals surface area contributed by atoms with Crippen LogP contribution in [0.5, 0.6) is 5.75 Å². The number of anilines is 1. The third-order valence-corrected chi connectivity index (χ3v) is 4.92. The Morgan fingerprint density at radius 2 is 1.88 bits per heavy atom. The molecule has 2 aromatic carbocycles. The van der Waals surface area contributed by atoms with Crippen molar-refractivity contribution in [3.05, 3.63) is 70.3 Å². The van der Waals surface area contributed by atoms with Gasteiger partial charge in [0.25, 0.3) is 0 Å². The molecular formula is C20H20FN2O3+. The molecule has 3 aromatic rings. The molecule has 2 N–H and O–H groups in total. The molecule has 26 heavy (non-hydrogen) atoms. The third kappa shape index (κ3) is 3.28. The van der Waals surface area contributed by atoms with Crippen LogP contribution in [0.3, 0.4) is 0 Å². The summed E-state index contributed by atoms with van der Waals surface area (Å²) in [6.45, 7) is 3.85. The van der Waals surface area contributed by atoms with Crippen molar-refractivity contribution in [3.8, 4) is 5.75 Å². The van der Waals surface area contributed by atoms with Crippen LogP contribution in [0.1, 0.15) is 5.56 Å². The number of phenolic OH excluding ortho intramolecular Hbond substituents is 1. The summed E-state index contributed by atoms with van der Waals surface area (Å²) in [5, 5.41) is 10.5. The lowest BCUT2D eigenvalue weighted by molar-refractivity contribution is -0.914. The average Bonchev–Trinajstić information content (AvgIpc) is 2.63. The Morgan fingerprint density at radius 1 is 1.12 bits per heavy atom. The number of para-hydroxylation sites is 1. The van der Waals surface area contributed by atoms with E-state index in [1.807, 2.05) is 6.07 Å². The molecule has 0 saturated carbocycles. The number of hydrogen-bond acceptors (Lipinski definition) is 4. The highest BCUT2D eigenvalue weighted by Gasteiger charge is 2.23. The van der Waals surface area contributed by atoms with E-state index in [0.29, 0.717) is 17.8 Å². The molecule has 1 aliphatic rings. The lowest BCUT2D eigenvalue weighted by Crippen LogP contribution is -3.13. The van der Waals surface area contributed by atoms with Crippen molar-refractivity contribution in [2.75, 3.05) is 31.1 Å². The number of phenols is 1. The van der Waals surface area contributed by atoms with Gasteiger partial charge >= 0.3 is 5.63 Å². The minimum absolute atomic E-state index is 0.145. The summed E-state index contributed by atoms with van der Waals surface area (Å²) in [6.07, 6.45) is 0. The maximum absolute atomic E-state index is 14.0. The van der Waals surface area contributed by atoms with Gasteiger partial charge in [-0.3, -0.25) is 0 Å². The van der Waals surface area contributed by atoms with Gasteiger partial charge in [0.2, 0.25) is 0 Å². The van der Waals surface area contributed by atoms with Gasteiger partial charge in [-0.1, -0.05) is 12.1 Å². The minimum atomic E-state index is -0.386. The number of benzene rings is 2. The van der Waals surface area contributed by atoms with Crippen molar-refractivity contribution < 1.29 is 18.8 Å². The zero-order chi connectivity index (χ0) is 18.1. The van der Waals surface area contributed by atoms with Gasteiger partial charge in [-0.25, -0.2) is 9.18 Å². The topological polar surface area (TPSA) is 58.1 Å². The minimum Gasteiger partial charge on any atom is -0.508 e. The summed E-state index contributed by atoms with van der Waals surface area (Å²) in [7, 11) is 0. The third-order valence-electron chi connectivity index (χ3n) is 4.92. The summed E-state index contributed by atoms with van der Waals surface area (Å²) in [6, 6.07) is 13.1. The van der Waals surface area contributed by atoms with Gasteiger partial charge in [0, 0.05) is 17.0 Å². The highest BCUT2D eigenvalue weighted by atomic mass is 19.1. The van der Waals surface area contributed by atoms with Gasteiger partial charge < -0.3 is 19.3 Å². The van der Waals surface area contributed by atoms with E-state index < -0.39 is 0 Å². The van der Waals surface area contributed by atoms with Gasteiger partial charge in [0.1, 0.15) is 23.7 Å². The lowest BCUT2D eigenvalue weighted by atomic mass is 10.1. The van der Waals surface area contributed by atoms with E-state index in [-0.39, 0.29) is 17.2 Å². The molecule has 134 valence electrons. The fraction of sp³-hybridized carbons (Fsp3) is 0.250. The van der Waals surface area contributed by atoms with Gasteiger partial charge in [0.15, 0.2) is 0 Å². The highest BCUT2D eigenvalue weighted by Crippen LogP contribution is 2.22. The molecule has 0 spiro atoms. The first kappa shape index (κ1) is 16.6. The number of quaternary nitrogens is 1. The van der Waals surface area contributed by atoms with Crippen molar-refractivity contribution >= 4 is 16.7 Å². The maximum Gasteiger partial charge on any atom is 0.336 e. The number of aromatic hydroxyl groups is 1. The molecule has 5 nitrogen and oxygen atoms in total. The molecule has 0 bridgehead atoms. The fourth-order valence-corrected chi connectivity index (χ4v) is 3.58. The molecule has 4 rings (SSSR count). The largest absolute Gasteiger partial charge is 0.508 e. The smallest absolute Gasteiger partial charge is 0.336 e. The summed E-state index contributed by atoms with van der Waals surface area (Å²) in [5.41, 5.74) is 1.60. The maximum atomic E-state index is 14.0. The number of piperazine rings is 1. The zero-order valence-corrected chi connectivity index (χ0v) is 14.2. The van der Waals surface area contributed by atoms with E-state index in [2.05, 4.69) is 4.90 Å². The SMILES string of the molecule is O=c1cc(C[NH+]2CCN(c3ccccc3F)CC2)c2cc(O)ccc2o1. The molecule has 1 aromatic heterocycles. The summed E-state index contributed by atoms with van der Waals surface area (Å²) < 4.78 is 19.2. The van der Waals surface area contributed by atoms with Gasteiger partial charge in [-0.05, 0) is 30.3 Å². The Bertz CT molecular complexity index is 994. The molecule has 0 aliphatic carbocycles. The average molecular weight is 355 g/mol. The van der Waals surface area contributed by atoms with Crippen LogP contribution in [-0.2, 0) is 6.54 Å². The Hall–Kier alpha value is -2.86. The predicted molar refractivity (Wildman–Crippen MR) is 97.2 cm³/mol. The monoisotopic (exact) mass is 355 g/mol. The van der Waals surface area contributed by atoms with Crippen LogP contribution in [0.25, 0.3) is 11.0 Å². The Balaban J connectivity index is 1.51. The molecule has 2 heterocycles. The number of rotatable bonds is 3. The van der Waals surface area contributed by atoms with E-state index >= 15 is 0 Å². The second-order valence-corrected chi connectivity index (χ2v) is 6.64. The lowest BCUT2D eigenvalue weighted by Gasteiger charge is -2.33. The van der Waals surface area contributed by atoms with Crippen molar-refractivity contribution in [1.82, 2.24) is 0 Å². The second-order valence-electron chi connectivity index (χ2n) is 6.64. The van der Waals surface area contributed by atoms with E-state index in [4.69, 9.17) is 4.42 Å². The van der Waals surface area contributed by atoms with Crippen molar-refractivity contribution in [2.45, 2.75) is 6.54 Å². The van der Waals surface area contributed by atoms with E-state index in [1.54, 1.807) is 24.3 Å². The molecule has 1 aliphatic heterocycles. The number of halogens is 1. The Morgan fingerprint density at radius 3 is 2.65 bits per heavy atom. The molecule has 6 heteroatoms. The molecule has 0 atom stereocenters. The first-order chi connectivity index (χ1) is 12.6. The quantitative estimate of drug-likeness (QED) is 0.700. The van der Waals surface area contributed by atoms with Crippen LogP contribution in [-0.4, -0.2) is 31.3 Å². The summed E-state index contributed by atoms with van der Waals surface area (Å²) >= 11 is 0. The van der Waals surface area contributed by atoms with E-state index in [1.165, 1.54) is 23.1 Å². The number of nitrogens with zero attached hydrogens (tertiary/aromatic N) is 1. The van der Waals surface area contributed by atoms with Gasteiger partial charge in [0.05, 0.1) is 31.9 Å². The number of hydrogen-bond donors (Lipinski definition) is 2. The van der Waals surface area contributed by atoms with E-state index in [0.717, 1.165) is 37.1 Å². The second kappa shape index (κ2) is 6.80. The molecule has 1 saturated heterocycles. The standard InChI is InChI=1S/C20H19FN2O3/c21-17-3-1-2-4-18(17)23-9-7-22(8-10-23)13-14-11-20(25)26-19-6-5-15(24)12-16(14)19/h1-6,11-12,24H,7-10,13H2/p+1. The van der Waals surface area contributed by atoms with E-state index in [9.17, 15) is 14.3 Å². The molecule has 0 unspecified atom stereocenters. The molecular weight excluding hydrogens is 335 g/mol. The van der Waals surface area contributed by atoms with Crippen LogP contribution < -0.4 is 15.4 Å². The van der Waals surface area contributed by atoms with Crippen LogP contribution >= 0.6 is 0 Å². The van der Waals surface area contributed by atoms with Crippen LogP contribution in [0.2, 0.25) is 0 Å². The van der Waals surface area contributed by atoms with Crippen LogP contribution in [0, 0.1) is 5.82 Å². The Kier molecular flexibility index (Phi) is 4.34. The fourth-order valence-electron chi connectivity index (χ4n) is 3.58. The van der Waals surface area contributed by atoms with Crippen molar-refractivity contribution in [3.63, 3.8) is 0 Å². The predicted octanol–water partition coefficient (Wildman–Crippen LogP) is 1.54. The number of nitrogens with one attached hydrogen (secondary N) is 1. The molecule has 0 radical (unpaired) electrons. The normalized spacial score (nSPS) is 15.5. The van der Waals surface area contributed by atoms with Gasteiger partial charge in [-0.2, -0.15) is 0 Å². The highest BCUT2D eigenvalue weighted by molar-refractivity contribution is 5.81. The first-order valence-electron chi connectivity index (χ1n) is 8.69. The molecule has 1 fully saturated rings. The summed E-state index contributed by atoms with van der Waals surface area (Å²) in [5.74, 6) is -0.0509. The van der Waals surface area contributed by atoms with Crippen LogP contribution in [0.15, 0.2) is 57.7 Å². The van der Waals surface area contributed by atoms with Crippen LogP contribution in [0.4, 0.5) is 10.1 Å².